The van der Waals surface area contributed by atoms with Crippen molar-refractivity contribution in [3.63, 3.8) is 0 Å². The van der Waals surface area contributed by atoms with E-state index in [9.17, 15) is 0 Å². The number of fused-ring (bicyclic) bond motifs is 1. The van der Waals surface area contributed by atoms with Crippen molar-refractivity contribution in [2.24, 2.45) is 0 Å². The molecule has 1 unspecified atom stereocenters. The van der Waals surface area contributed by atoms with Gasteiger partial charge in [-0.25, -0.2) is 9.67 Å². The normalized spacial score (nSPS) is 12.8. The molecule has 0 saturated carbocycles. The highest BCUT2D eigenvalue weighted by atomic mass is 15.3. The number of nitrogens with one attached hydrogen (secondary N) is 1. The third-order valence-electron chi connectivity index (χ3n) is 4.16. The number of aromatic nitrogens is 6. The first-order valence-corrected chi connectivity index (χ1v) is 7.79. The van der Waals surface area contributed by atoms with E-state index in [4.69, 9.17) is 4.98 Å². The van der Waals surface area contributed by atoms with Crippen molar-refractivity contribution < 1.29 is 0 Å². The topological polar surface area (TPSA) is 64.3 Å². The van der Waals surface area contributed by atoms with Crippen LogP contribution in [0.15, 0.2) is 49.1 Å². The third kappa shape index (κ3) is 2.23. The maximum absolute atomic E-state index is 4.77. The number of H-pyrrole nitrogens is 1. The average Bonchev–Trinajstić information content (AvgIpc) is 3.29. The molecule has 0 aromatic carbocycles. The molecule has 23 heavy (non-hydrogen) atoms. The summed E-state index contributed by atoms with van der Waals surface area (Å²) in [6, 6.07) is 8.34. The van der Waals surface area contributed by atoms with Crippen LogP contribution in [0.5, 0.6) is 0 Å². The van der Waals surface area contributed by atoms with Crippen LogP contribution < -0.4 is 0 Å². The Morgan fingerprint density at radius 3 is 2.91 bits per heavy atom. The van der Waals surface area contributed by atoms with Gasteiger partial charge in [0.1, 0.15) is 5.52 Å². The van der Waals surface area contributed by atoms with E-state index in [1.54, 1.807) is 6.20 Å². The average molecular weight is 306 g/mol. The second kappa shape index (κ2) is 5.39. The van der Waals surface area contributed by atoms with E-state index >= 15 is 0 Å². The van der Waals surface area contributed by atoms with Crippen LogP contribution in [0.25, 0.3) is 28.4 Å². The van der Waals surface area contributed by atoms with Crippen LogP contribution >= 0.6 is 0 Å². The Kier molecular flexibility index (Phi) is 3.22. The van der Waals surface area contributed by atoms with Crippen LogP contribution in [-0.4, -0.2) is 29.3 Å². The third-order valence-corrected chi connectivity index (χ3v) is 4.16. The highest BCUT2D eigenvalue weighted by molar-refractivity contribution is 5.75. The standard InChI is InChI=1S/C17H18N6/c1-3-12(2)23-17-14(11-19-23)20-16(21-17)15-7-5-9-22(15)13-6-4-8-18-10-13/h4-12H,3H2,1-2H3,(H,20,21). The first kappa shape index (κ1) is 13.8. The summed E-state index contributed by atoms with van der Waals surface area (Å²) in [5.74, 6) is 0.836. The molecule has 0 saturated heterocycles. The maximum Gasteiger partial charge on any atom is 0.177 e. The Morgan fingerprint density at radius 1 is 1.22 bits per heavy atom. The van der Waals surface area contributed by atoms with Gasteiger partial charge in [0.05, 0.1) is 29.8 Å². The van der Waals surface area contributed by atoms with Gasteiger partial charge in [-0.1, -0.05) is 6.92 Å². The van der Waals surface area contributed by atoms with Gasteiger partial charge < -0.3 is 9.55 Å². The SMILES string of the molecule is CCC(C)n1ncc2[nH]c(-c3cccn3-c3cccnc3)nc21. The Labute approximate surface area is 133 Å². The van der Waals surface area contributed by atoms with Crippen molar-refractivity contribution in [2.45, 2.75) is 26.3 Å². The van der Waals surface area contributed by atoms with E-state index in [2.05, 4.69) is 33.5 Å². The van der Waals surface area contributed by atoms with Gasteiger partial charge in [-0.15, -0.1) is 0 Å². The number of rotatable bonds is 4. The van der Waals surface area contributed by atoms with Crippen LogP contribution in [0, 0.1) is 0 Å². The molecule has 4 rings (SSSR count). The van der Waals surface area contributed by atoms with Gasteiger partial charge >= 0.3 is 0 Å². The lowest BCUT2D eigenvalue weighted by molar-refractivity contribution is 0.490. The molecule has 1 atom stereocenters. The summed E-state index contributed by atoms with van der Waals surface area (Å²) in [4.78, 5) is 12.3. The summed E-state index contributed by atoms with van der Waals surface area (Å²) >= 11 is 0. The number of aromatic amines is 1. The summed E-state index contributed by atoms with van der Waals surface area (Å²) < 4.78 is 4.05. The minimum atomic E-state index is 0.328. The lowest BCUT2D eigenvalue weighted by atomic mass is 10.3. The van der Waals surface area contributed by atoms with Crippen LogP contribution in [0.3, 0.4) is 0 Å². The minimum absolute atomic E-state index is 0.328. The van der Waals surface area contributed by atoms with Crippen molar-refractivity contribution in [3.8, 4) is 17.2 Å². The summed E-state index contributed by atoms with van der Waals surface area (Å²) in [6.45, 7) is 4.30. The molecule has 4 aromatic rings. The van der Waals surface area contributed by atoms with Crippen LogP contribution in [-0.2, 0) is 0 Å². The molecule has 0 fully saturated rings. The molecular weight excluding hydrogens is 288 g/mol. The van der Waals surface area contributed by atoms with Crippen molar-refractivity contribution >= 4 is 11.2 Å². The summed E-state index contributed by atoms with van der Waals surface area (Å²) in [5, 5.41) is 4.44. The first-order valence-electron chi connectivity index (χ1n) is 7.79. The molecule has 6 nitrogen and oxygen atoms in total. The van der Waals surface area contributed by atoms with E-state index in [1.165, 1.54) is 0 Å². The number of imidazole rings is 1. The van der Waals surface area contributed by atoms with Gasteiger partial charge in [0.25, 0.3) is 0 Å². The molecule has 1 N–H and O–H groups in total. The van der Waals surface area contributed by atoms with Crippen molar-refractivity contribution in [2.75, 3.05) is 0 Å². The van der Waals surface area contributed by atoms with E-state index in [0.717, 1.165) is 34.8 Å². The fourth-order valence-electron chi connectivity index (χ4n) is 2.73. The van der Waals surface area contributed by atoms with Crippen molar-refractivity contribution in [3.05, 3.63) is 49.1 Å². The zero-order valence-corrected chi connectivity index (χ0v) is 13.1. The van der Waals surface area contributed by atoms with Crippen LogP contribution in [0.1, 0.15) is 26.3 Å². The van der Waals surface area contributed by atoms with Crippen LogP contribution in [0.2, 0.25) is 0 Å². The number of hydrogen-bond donors (Lipinski definition) is 1. The number of hydrogen-bond acceptors (Lipinski definition) is 3. The van der Waals surface area contributed by atoms with Gasteiger partial charge in [0.15, 0.2) is 11.5 Å². The molecular formula is C17H18N6. The van der Waals surface area contributed by atoms with Crippen LogP contribution in [0.4, 0.5) is 0 Å². The van der Waals surface area contributed by atoms with Gasteiger partial charge in [0, 0.05) is 12.4 Å². The lowest BCUT2D eigenvalue weighted by Crippen LogP contribution is -2.05. The zero-order valence-electron chi connectivity index (χ0n) is 13.1. The molecule has 0 bridgehead atoms. The molecule has 116 valence electrons. The van der Waals surface area contributed by atoms with Gasteiger partial charge in [-0.3, -0.25) is 4.98 Å². The minimum Gasteiger partial charge on any atom is -0.334 e. The summed E-state index contributed by atoms with van der Waals surface area (Å²) in [6.07, 6.45) is 8.49. The molecule has 0 aliphatic carbocycles. The predicted octanol–water partition coefficient (Wildman–Crippen LogP) is 3.58. The van der Waals surface area contributed by atoms with E-state index in [1.807, 2.05) is 47.5 Å². The molecule has 4 heterocycles. The van der Waals surface area contributed by atoms with E-state index < -0.39 is 0 Å². The molecule has 0 aliphatic heterocycles. The maximum atomic E-state index is 4.77. The lowest BCUT2D eigenvalue weighted by Gasteiger charge is -2.08. The Balaban J connectivity index is 1.82. The fourth-order valence-corrected chi connectivity index (χ4v) is 2.73. The smallest absolute Gasteiger partial charge is 0.177 e. The molecule has 0 aliphatic rings. The van der Waals surface area contributed by atoms with Gasteiger partial charge in [0.2, 0.25) is 0 Å². The first-order chi connectivity index (χ1) is 11.3. The highest BCUT2D eigenvalue weighted by Gasteiger charge is 2.15. The molecule has 4 aromatic heterocycles. The quantitative estimate of drug-likeness (QED) is 0.626. The van der Waals surface area contributed by atoms with E-state index in [-0.39, 0.29) is 0 Å². The second-order valence-electron chi connectivity index (χ2n) is 5.64. The Hall–Kier alpha value is -2.89. The van der Waals surface area contributed by atoms with Gasteiger partial charge in [-0.05, 0) is 37.6 Å². The van der Waals surface area contributed by atoms with Gasteiger partial charge in [-0.2, -0.15) is 5.10 Å². The summed E-state index contributed by atoms with van der Waals surface area (Å²) in [7, 11) is 0. The fraction of sp³-hybridized carbons (Fsp3) is 0.235. The predicted molar refractivity (Wildman–Crippen MR) is 89.4 cm³/mol. The number of pyridine rings is 1. The molecule has 0 spiro atoms. The molecule has 0 amide bonds. The van der Waals surface area contributed by atoms with E-state index in [0.29, 0.717) is 6.04 Å². The number of nitrogens with zero attached hydrogens (tertiary/aromatic N) is 5. The Bertz CT molecular complexity index is 930. The largest absolute Gasteiger partial charge is 0.334 e. The molecule has 6 heteroatoms. The zero-order chi connectivity index (χ0) is 15.8. The Morgan fingerprint density at radius 2 is 2.13 bits per heavy atom. The molecule has 0 radical (unpaired) electrons. The summed E-state index contributed by atoms with van der Waals surface area (Å²) in [5.41, 5.74) is 3.87. The van der Waals surface area contributed by atoms with Crippen molar-refractivity contribution in [1.29, 1.82) is 0 Å². The highest BCUT2D eigenvalue weighted by Crippen LogP contribution is 2.25. The van der Waals surface area contributed by atoms with Crippen molar-refractivity contribution in [1.82, 2.24) is 29.3 Å². The second-order valence-corrected chi connectivity index (χ2v) is 5.64. The monoisotopic (exact) mass is 306 g/mol.